The second-order valence-electron chi connectivity index (χ2n) is 8.02. The van der Waals surface area contributed by atoms with E-state index in [0.29, 0.717) is 18.8 Å². The van der Waals surface area contributed by atoms with Crippen LogP contribution >= 0.6 is 11.3 Å². The van der Waals surface area contributed by atoms with Crippen LogP contribution in [0.15, 0.2) is 36.9 Å². The molecule has 4 aromatic rings. The van der Waals surface area contributed by atoms with E-state index in [4.69, 9.17) is 9.97 Å². The van der Waals surface area contributed by atoms with Crippen LogP contribution in [-0.2, 0) is 24.7 Å². The molecule has 0 saturated carbocycles. The summed E-state index contributed by atoms with van der Waals surface area (Å²) in [6, 6.07) is 3.53. The molecule has 2 aliphatic rings. The van der Waals surface area contributed by atoms with Crippen LogP contribution in [0.5, 0.6) is 0 Å². The molecule has 9 heteroatoms. The molecule has 0 spiro atoms. The fourth-order valence-corrected chi connectivity index (χ4v) is 5.77. The molecule has 0 radical (unpaired) electrons. The number of nitrogens with zero attached hydrogens (tertiary/aromatic N) is 6. The predicted molar refractivity (Wildman–Crippen MR) is 120 cm³/mol. The first kappa shape index (κ1) is 18.4. The Morgan fingerprint density at radius 1 is 1.23 bits per heavy atom. The number of thiophene rings is 1. The maximum Gasteiger partial charge on any atom is 0.249 e. The van der Waals surface area contributed by atoms with E-state index in [1.807, 2.05) is 25.4 Å². The SMILES string of the molecule is Cn1cc(N2CCC(Nc3nc(-c4cccnc4)nc4sc5c(c34)CCC5)C2=O)cn1. The van der Waals surface area contributed by atoms with Gasteiger partial charge in [0.05, 0.1) is 17.3 Å². The lowest BCUT2D eigenvalue weighted by Gasteiger charge is -2.16. The Bertz CT molecular complexity index is 1300. The monoisotopic (exact) mass is 431 g/mol. The molecule has 0 aromatic carbocycles. The molecule has 0 bridgehead atoms. The van der Waals surface area contributed by atoms with Gasteiger partial charge in [0.25, 0.3) is 0 Å². The highest BCUT2D eigenvalue weighted by atomic mass is 32.1. The predicted octanol–water partition coefficient (Wildman–Crippen LogP) is 3.19. The first-order valence-corrected chi connectivity index (χ1v) is 11.3. The van der Waals surface area contributed by atoms with E-state index in [2.05, 4.69) is 15.4 Å². The number of amides is 1. The summed E-state index contributed by atoms with van der Waals surface area (Å²) in [6.07, 6.45) is 11.1. The molecule has 4 aromatic heterocycles. The van der Waals surface area contributed by atoms with E-state index in [1.165, 1.54) is 10.4 Å². The Kier molecular flexibility index (Phi) is 4.24. The van der Waals surface area contributed by atoms with Gasteiger partial charge >= 0.3 is 0 Å². The highest BCUT2D eigenvalue weighted by Crippen LogP contribution is 2.41. The third-order valence-electron chi connectivity index (χ3n) is 6.00. The van der Waals surface area contributed by atoms with Crippen molar-refractivity contribution >= 4 is 39.0 Å². The van der Waals surface area contributed by atoms with Crippen LogP contribution in [0.3, 0.4) is 0 Å². The van der Waals surface area contributed by atoms with E-state index >= 15 is 0 Å². The van der Waals surface area contributed by atoms with Crippen molar-refractivity contribution in [2.24, 2.45) is 7.05 Å². The lowest BCUT2D eigenvalue weighted by Crippen LogP contribution is -2.33. The maximum atomic E-state index is 13.2. The van der Waals surface area contributed by atoms with Gasteiger partial charge < -0.3 is 10.2 Å². The number of aromatic nitrogens is 5. The van der Waals surface area contributed by atoms with Gasteiger partial charge in [-0.1, -0.05) is 0 Å². The average Bonchev–Trinajstić information content (AvgIpc) is 3.54. The lowest BCUT2D eigenvalue weighted by molar-refractivity contribution is -0.117. The Labute approximate surface area is 183 Å². The fraction of sp³-hybridized carbons (Fsp3) is 0.318. The summed E-state index contributed by atoms with van der Waals surface area (Å²) in [5.41, 5.74) is 3.04. The van der Waals surface area contributed by atoms with E-state index in [-0.39, 0.29) is 11.9 Å². The third kappa shape index (κ3) is 3.07. The zero-order chi connectivity index (χ0) is 20.9. The van der Waals surface area contributed by atoms with Crippen LogP contribution < -0.4 is 10.2 Å². The number of pyridine rings is 1. The topological polar surface area (TPSA) is 88.8 Å². The molecule has 1 aliphatic heterocycles. The van der Waals surface area contributed by atoms with Gasteiger partial charge in [0.1, 0.15) is 16.7 Å². The van der Waals surface area contributed by atoms with Crippen molar-refractivity contribution in [2.75, 3.05) is 16.8 Å². The number of nitrogens with one attached hydrogen (secondary N) is 1. The van der Waals surface area contributed by atoms with Crippen molar-refractivity contribution in [3.63, 3.8) is 0 Å². The summed E-state index contributed by atoms with van der Waals surface area (Å²) in [4.78, 5) is 31.3. The van der Waals surface area contributed by atoms with E-state index < -0.39 is 0 Å². The summed E-state index contributed by atoms with van der Waals surface area (Å²) in [7, 11) is 1.86. The number of anilines is 2. The second-order valence-corrected chi connectivity index (χ2v) is 9.11. The Balaban J connectivity index is 1.39. The van der Waals surface area contributed by atoms with Crippen LogP contribution in [0, 0.1) is 0 Å². The van der Waals surface area contributed by atoms with Crippen LogP contribution in [0.25, 0.3) is 21.6 Å². The van der Waals surface area contributed by atoms with Gasteiger partial charge in [-0.25, -0.2) is 9.97 Å². The number of carbonyl (C=O) groups is 1. The van der Waals surface area contributed by atoms with Gasteiger partial charge in [0, 0.05) is 42.6 Å². The van der Waals surface area contributed by atoms with Crippen LogP contribution in [-0.4, -0.2) is 43.2 Å². The molecular weight excluding hydrogens is 410 g/mol. The van der Waals surface area contributed by atoms with Crippen LogP contribution in [0.1, 0.15) is 23.3 Å². The first-order chi connectivity index (χ1) is 15.2. The van der Waals surface area contributed by atoms with Crippen molar-refractivity contribution in [1.29, 1.82) is 0 Å². The molecule has 156 valence electrons. The second kappa shape index (κ2) is 7.12. The summed E-state index contributed by atoms with van der Waals surface area (Å²) >= 11 is 1.75. The minimum Gasteiger partial charge on any atom is -0.358 e. The smallest absolute Gasteiger partial charge is 0.249 e. The molecule has 1 N–H and O–H groups in total. The number of fused-ring (bicyclic) bond motifs is 3. The molecule has 1 atom stereocenters. The average molecular weight is 432 g/mol. The van der Waals surface area contributed by atoms with Crippen molar-refractivity contribution in [3.8, 4) is 11.4 Å². The number of aryl methyl sites for hydroxylation is 3. The molecule has 1 unspecified atom stereocenters. The Morgan fingerprint density at radius 2 is 2.16 bits per heavy atom. The molecular formula is C22H21N7OS. The van der Waals surface area contributed by atoms with E-state index in [9.17, 15) is 4.79 Å². The number of hydrogen-bond donors (Lipinski definition) is 1. The summed E-state index contributed by atoms with van der Waals surface area (Å²) in [5, 5.41) is 8.76. The normalized spacial score (nSPS) is 18.2. The zero-order valence-electron chi connectivity index (χ0n) is 17.1. The van der Waals surface area contributed by atoms with Crippen molar-refractivity contribution in [2.45, 2.75) is 31.7 Å². The largest absolute Gasteiger partial charge is 0.358 e. The maximum absolute atomic E-state index is 13.2. The first-order valence-electron chi connectivity index (χ1n) is 10.5. The standard InChI is InChI=1S/C22H21N7OS/c1-28-12-14(11-24-28)29-9-7-16(22(29)30)25-20-18-15-5-2-6-17(15)31-21(18)27-19(26-20)13-4-3-8-23-10-13/h3-4,8,10-12,16H,2,5-7,9H2,1H3,(H,25,26,27). The zero-order valence-corrected chi connectivity index (χ0v) is 17.9. The third-order valence-corrected chi connectivity index (χ3v) is 7.19. The molecule has 6 rings (SSSR count). The molecule has 1 aliphatic carbocycles. The highest BCUT2D eigenvalue weighted by molar-refractivity contribution is 7.19. The van der Waals surface area contributed by atoms with Crippen molar-refractivity contribution in [3.05, 3.63) is 47.4 Å². The molecule has 1 fully saturated rings. The van der Waals surface area contributed by atoms with Gasteiger partial charge in [-0.2, -0.15) is 5.10 Å². The van der Waals surface area contributed by atoms with Crippen LogP contribution in [0.4, 0.5) is 11.5 Å². The molecule has 8 nitrogen and oxygen atoms in total. The van der Waals surface area contributed by atoms with E-state index in [1.54, 1.807) is 39.5 Å². The van der Waals surface area contributed by atoms with Crippen molar-refractivity contribution < 1.29 is 4.79 Å². The highest BCUT2D eigenvalue weighted by Gasteiger charge is 2.34. The summed E-state index contributed by atoms with van der Waals surface area (Å²) < 4.78 is 1.71. The van der Waals surface area contributed by atoms with Crippen molar-refractivity contribution in [1.82, 2.24) is 24.7 Å². The lowest BCUT2D eigenvalue weighted by atomic mass is 10.1. The minimum atomic E-state index is -0.322. The number of rotatable bonds is 4. The fourth-order valence-electron chi connectivity index (χ4n) is 4.51. The van der Waals surface area contributed by atoms with E-state index in [0.717, 1.165) is 46.5 Å². The Hall–Kier alpha value is -3.33. The summed E-state index contributed by atoms with van der Waals surface area (Å²) in [5.74, 6) is 1.45. The van der Waals surface area contributed by atoms with Gasteiger partial charge in [-0.05, 0) is 43.4 Å². The molecule has 5 heterocycles. The number of carbonyl (C=O) groups excluding carboxylic acids is 1. The molecule has 1 saturated heterocycles. The van der Waals surface area contributed by atoms with Gasteiger partial charge in [-0.15, -0.1) is 11.3 Å². The quantitative estimate of drug-likeness (QED) is 0.534. The minimum absolute atomic E-state index is 0.0505. The molecule has 31 heavy (non-hydrogen) atoms. The van der Waals surface area contributed by atoms with Crippen LogP contribution in [0.2, 0.25) is 0 Å². The molecule has 1 amide bonds. The van der Waals surface area contributed by atoms with Gasteiger partial charge in [-0.3, -0.25) is 14.5 Å². The van der Waals surface area contributed by atoms with Gasteiger partial charge in [0.2, 0.25) is 5.91 Å². The summed E-state index contributed by atoms with van der Waals surface area (Å²) in [6.45, 7) is 0.660. The number of hydrogen-bond acceptors (Lipinski definition) is 7. The van der Waals surface area contributed by atoms with Gasteiger partial charge in [0.15, 0.2) is 5.82 Å². The Morgan fingerprint density at radius 3 is 2.97 bits per heavy atom.